The minimum absolute atomic E-state index is 0.117. The maximum atomic E-state index is 13.0. The first kappa shape index (κ1) is 24.0. The largest absolute Gasteiger partial charge is 0.461 e. The standard InChI is InChI=1S/C28H36O4/c1-5-19(6-2)27(29)31-25-23(21-15-11-9-12-16-21)26(32-28(30)20(7-3)8-4)24(25)22-17-13-10-14-18-22/h9-20,23-26H,5-8H2,1-4H3. The Labute approximate surface area is 192 Å². The summed E-state index contributed by atoms with van der Waals surface area (Å²) in [6, 6.07) is 20.0. The highest BCUT2D eigenvalue weighted by Gasteiger charge is 2.57. The molecule has 1 aliphatic carbocycles. The van der Waals surface area contributed by atoms with Gasteiger partial charge >= 0.3 is 11.9 Å². The predicted molar refractivity (Wildman–Crippen MR) is 126 cm³/mol. The molecule has 0 atom stereocenters. The van der Waals surface area contributed by atoms with E-state index in [2.05, 4.69) is 0 Å². The van der Waals surface area contributed by atoms with Crippen LogP contribution in [-0.2, 0) is 19.1 Å². The van der Waals surface area contributed by atoms with Crippen LogP contribution in [0.4, 0.5) is 0 Å². The molecule has 1 aliphatic rings. The first-order valence-corrected chi connectivity index (χ1v) is 12.1. The zero-order valence-electron chi connectivity index (χ0n) is 19.7. The van der Waals surface area contributed by atoms with Crippen LogP contribution in [0, 0.1) is 11.8 Å². The van der Waals surface area contributed by atoms with Crippen LogP contribution >= 0.6 is 0 Å². The van der Waals surface area contributed by atoms with Crippen LogP contribution in [-0.4, -0.2) is 24.1 Å². The van der Waals surface area contributed by atoms with E-state index in [1.165, 1.54) is 0 Å². The molecule has 1 fully saturated rings. The van der Waals surface area contributed by atoms with Crippen molar-refractivity contribution in [2.45, 2.75) is 77.4 Å². The van der Waals surface area contributed by atoms with Gasteiger partial charge in [-0.2, -0.15) is 0 Å². The molecule has 2 aromatic rings. The fourth-order valence-corrected chi connectivity index (χ4v) is 4.78. The van der Waals surface area contributed by atoms with Gasteiger partial charge in [0.25, 0.3) is 0 Å². The van der Waals surface area contributed by atoms with Gasteiger partial charge in [-0.3, -0.25) is 9.59 Å². The fraction of sp³-hybridized carbons (Fsp3) is 0.500. The molecular weight excluding hydrogens is 400 g/mol. The van der Waals surface area contributed by atoms with Gasteiger partial charge in [0.2, 0.25) is 0 Å². The smallest absolute Gasteiger partial charge is 0.309 e. The van der Waals surface area contributed by atoms with Gasteiger partial charge in [0, 0.05) is 0 Å². The molecule has 0 aliphatic heterocycles. The lowest BCUT2D eigenvalue weighted by atomic mass is 9.63. The zero-order chi connectivity index (χ0) is 23.1. The molecule has 4 nitrogen and oxygen atoms in total. The van der Waals surface area contributed by atoms with E-state index in [9.17, 15) is 9.59 Å². The highest BCUT2D eigenvalue weighted by molar-refractivity contribution is 5.74. The lowest BCUT2D eigenvalue weighted by molar-refractivity contribution is -0.187. The third kappa shape index (κ3) is 5.06. The van der Waals surface area contributed by atoms with Crippen molar-refractivity contribution in [1.29, 1.82) is 0 Å². The van der Waals surface area contributed by atoms with Crippen LogP contribution in [0.2, 0.25) is 0 Å². The molecule has 0 spiro atoms. The molecule has 3 rings (SSSR count). The third-order valence-corrected chi connectivity index (χ3v) is 6.93. The van der Waals surface area contributed by atoms with Crippen molar-refractivity contribution in [2.75, 3.05) is 0 Å². The second-order valence-corrected chi connectivity index (χ2v) is 8.70. The maximum absolute atomic E-state index is 13.0. The monoisotopic (exact) mass is 436 g/mol. The highest BCUT2D eigenvalue weighted by Crippen LogP contribution is 2.52. The Hall–Kier alpha value is -2.62. The summed E-state index contributed by atoms with van der Waals surface area (Å²) in [4.78, 5) is 25.9. The molecule has 1 saturated carbocycles. The van der Waals surface area contributed by atoms with Crippen LogP contribution < -0.4 is 0 Å². The van der Waals surface area contributed by atoms with Crippen molar-refractivity contribution in [3.05, 3.63) is 71.8 Å². The third-order valence-electron chi connectivity index (χ3n) is 6.93. The number of esters is 2. The van der Waals surface area contributed by atoms with Gasteiger partial charge in [-0.25, -0.2) is 0 Å². The summed E-state index contributed by atoms with van der Waals surface area (Å²) in [5, 5.41) is 0. The summed E-state index contributed by atoms with van der Waals surface area (Å²) in [5.41, 5.74) is 2.06. The maximum Gasteiger partial charge on any atom is 0.309 e. The molecule has 0 unspecified atom stereocenters. The van der Waals surface area contributed by atoms with Gasteiger partial charge in [0.15, 0.2) is 0 Å². The second kappa shape index (κ2) is 11.3. The number of rotatable bonds is 10. The summed E-state index contributed by atoms with van der Waals surface area (Å²) in [6.07, 6.45) is 2.27. The number of hydrogen-bond donors (Lipinski definition) is 0. The minimum atomic E-state index is -0.368. The average Bonchev–Trinajstić information content (AvgIpc) is 2.81. The van der Waals surface area contributed by atoms with E-state index in [1.54, 1.807) is 0 Å². The average molecular weight is 437 g/mol. The first-order chi connectivity index (χ1) is 15.5. The van der Waals surface area contributed by atoms with Crippen molar-refractivity contribution in [3.63, 3.8) is 0 Å². The molecule has 0 radical (unpaired) electrons. The quantitative estimate of drug-likeness (QED) is 0.412. The SMILES string of the molecule is CCC(CC)C(=O)OC1C(c2ccccc2)C(OC(=O)C(CC)CC)C1c1ccccc1. The normalized spacial score (nSPS) is 22.4. The summed E-state index contributed by atoms with van der Waals surface area (Å²) < 4.78 is 12.3. The number of carbonyl (C=O) groups is 2. The van der Waals surface area contributed by atoms with Crippen molar-refractivity contribution < 1.29 is 19.1 Å². The summed E-state index contributed by atoms with van der Waals surface area (Å²) in [5.74, 6) is -0.919. The van der Waals surface area contributed by atoms with Crippen LogP contribution in [0.1, 0.15) is 76.3 Å². The molecule has 4 heteroatoms. The van der Waals surface area contributed by atoms with Crippen molar-refractivity contribution in [1.82, 2.24) is 0 Å². The van der Waals surface area contributed by atoms with E-state index in [4.69, 9.17) is 9.47 Å². The van der Waals surface area contributed by atoms with Crippen LogP contribution in [0.5, 0.6) is 0 Å². The van der Waals surface area contributed by atoms with Crippen molar-refractivity contribution >= 4 is 11.9 Å². The van der Waals surface area contributed by atoms with E-state index in [1.807, 2.05) is 88.4 Å². The molecule has 0 heterocycles. The lowest BCUT2D eigenvalue weighted by Crippen LogP contribution is -2.56. The summed E-state index contributed by atoms with van der Waals surface area (Å²) in [7, 11) is 0. The van der Waals surface area contributed by atoms with Crippen LogP contribution in [0.15, 0.2) is 60.7 Å². The molecule has 32 heavy (non-hydrogen) atoms. The summed E-state index contributed by atoms with van der Waals surface area (Å²) >= 11 is 0. The van der Waals surface area contributed by atoms with E-state index >= 15 is 0 Å². The second-order valence-electron chi connectivity index (χ2n) is 8.70. The van der Waals surface area contributed by atoms with E-state index in [0.29, 0.717) is 0 Å². The number of benzene rings is 2. The Morgan fingerprint density at radius 3 is 1.22 bits per heavy atom. The van der Waals surface area contributed by atoms with Gasteiger partial charge in [-0.1, -0.05) is 88.4 Å². The Morgan fingerprint density at radius 1 is 0.625 bits per heavy atom. The topological polar surface area (TPSA) is 52.6 Å². The van der Waals surface area contributed by atoms with Gasteiger partial charge in [0.1, 0.15) is 12.2 Å². The number of carbonyl (C=O) groups excluding carboxylic acids is 2. The minimum Gasteiger partial charge on any atom is -0.461 e. The Morgan fingerprint density at radius 2 is 0.938 bits per heavy atom. The summed E-state index contributed by atoms with van der Waals surface area (Å²) in [6.45, 7) is 8.05. The predicted octanol–water partition coefficient (Wildman–Crippen LogP) is 6.26. The highest BCUT2D eigenvalue weighted by atomic mass is 16.6. The van der Waals surface area contributed by atoms with E-state index in [-0.39, 0.29) is 47.8 Å². The number of hydrogen-bond acceptors (Lipinski definition) is 4. The molecule has 2 aromatic carbocycles. The van der Waals surface area contributed by atoms with Gasteiger partial charge in [-0.15, -0.1) is 0 Å². The number of ether oxygens (including phenoxy) is 2. The van der Waals surface area contributed by atoms with Crippen molar-refractivity contribution in [2.24, 2.45) is 11.8 Å². The van der Waals surface area contributed by atoms with E-state index in [0.717, 1.165) is 36.8 Å². The van der Waals surface area contributed by atoms with E-state index < -0.39 is 0 Å². The van der Waals surface area contributed by atoms with Gasteiger partial charge < -0.3 is 9.47 Å². The molecular formula is C28H36O4. The molecule has 0 saturated heterocycles. The first-order valence-electron chi connectivity index (χ1n) is 12.1. The fourth-order valence-electron chi connectivity index (χ4n) is 4.78. The molecule has 0 aromatic heterocycles. The van der Waals surface area contributed by atoms with Gasteiger partial charge in [-0.05, 0) is 36.8 Å². The Balaban J connectivity index is 1.97. The Bertz CT molecular complexity index is 774. The zero-order valence-corrected chi connectivity index (χ0v) is 19.7. The van der Waals surface area contributed by atoms with Crippen LogP contribution in [0.25, 0.3) is 0 Å². The molecule has 0 N–H and O–H groups in total. The van der Waals surface area contributed by atoms with Gasteiger partial charge in [0.05, 0.1) is 23.7 Å². The lowest BCUT2D eigenvalue weighted by Gasteiger charge is -2.51. The van der Waals surface area contributed by atoms with Crippen molar-refractivity contribution in [3.8, 4) is 0 Å². The molecule has 0 bridgehead atoms. The van der Waals surface area contributed by atoms with Crippen LogP contribution in [0.3, 0.4) is 0 Å². The molecule has 172 valence electrons. The Kier molecular flexibility index (Phi) is 8.49. The molecule has 0 amide bonds.